The van der Waals surface area contributed by atoms with Crippen molar-refractivity contribution in [1.82, 2.24) is 15.0 Å². The predicted octanol–water partition coefficient (Wildman–Crippen LogP) is 15.4. The van der Waals surface area contributed by atoms with E-state index in [1.54, 1.807) is 11.3 Å². The van der Waals surface area contributed by atoms with Crippen molar-refractivity contribution < 1.29 is 0 Å². The van der Waals surface area contributed by atoms with E-state index in [0.717, 1.165) is 33.6 Å². The van der Waals surface area contributed by atoms with Crippen molar-refractivity contribution in [3.8, 4) is 33.9 Å². The zero-order chi connectivity index (χ0) is 38.2. The highest BCUT2D eigenvalue weighted by atomic mass is 32.1. The van der Waals surface area contributed by atoms with Crippen LogP contribution in [-0.2, 0) is 0 Å². The fourth-order valence-corrected chi connectivity index (χ4v) is 11.5. The van der Waals surface area contributed by atoms with E-state index >= 15 is 0 Å². The molecule has 58 heavy (non-hydrogen) atoms. The Bertz CT molecular complexity index is 3550. The Balaban J connectivity index is 1.11. The van der Waals surface area contributed by atoms with E-state index in [4.69, 9.17) is 15.0 Å². The van der Waals surface area contributed by atoms with Gasteiger partial charge >= 0.3 is 0 Å². The number of nitrogens with zero attached hydrogens (tertiary/aromatic N) is 4. The highest BCUT2D eigenvalue weighted by Gasteiger charge is 2.22. The van der Waals surface area contributed by atoms with E-state index in [-0.39, 0.29) is 0 Å². The van der Waals surface area contributed by atoms with Gasteiger partial charge in [0.05, 0.1) is 5.69 Å². The number of fused-ring (bicyclic) bond motifs is 9. The van der Waals surface area contributed by atoms with Gasteiger partial charge in [-0.1, -0.05) is 115 Å². The maximum absolute atomic E-state index is 5.39. The van der Waals surface area contributed by atoms with Crippen LogP contribution in [-0.4, -0.2) is 15.0 Å². The van der Waals surface area contributed by atoms with Crippen molar-refractivity contribution in [2.24, 2.45) is 0 Å². The molecule has 7 heteroatoms. The third kappa shape index (κ3) is 5.58. The molecule has 12 aromatic rings. The molecule has 4 nitrogen and oxygen atoms in total. The number of rotatable bonds is 6. The summed E-state index contributed by atoms with van der Waals surface area (Å²) in [5.74, 6) is 1.81. The number of thiophene rings is 3. The first-order valence-electron chi connectivity index (χ1n) is 19.2. The van der Waals surface area contributed by atoms with Crippen molar-refractivity contribution >= 4 is 112 Å². The van der Waals surface area contributed by atoms with Gasteiger partial charge in [-0.2, -0.15) is 9.97 Å². The molecule has 0 amide bonds. The van der Waals surface area contributed by atoms with Crippen LogP contribution in [0.15, 0.2) is 182 Å². The van der Waals surface area contributed by atoms with Crippen LogP contribution < -0.4 is 4.90 Å². The van der Waals surface area contributed by atoms with Crippen LogP contribution in [0.4, 0.5) is 17.3 Å². The Morgan fingerprint density at radius 2 is 0.793 bits per heavy atom. The smallest absolute Gasteiger partial charge is 0.238 e. The lowest BCUT2D eigenvalue weighted by Gasteiger charge is -2.24. The van der Waals surface area contributed by atoms with Crippen LogP contribution in [0.2, 0.25) is 0 Å². The SMILES string of the molecule is c1ccc(-c2cccc(N(c3ccc4c(c3)sc3ccccc34)c3nc(-c4ccc5c(c4)sc4ccccc45)nc(-c4ccc5sc6ccccc6c5c4)n3)c2)cc1. The van der Waals surface area contributed by atoms with E-state index in [1.165, 1.54) is 60.5 Å². The van der Waals surface area contributed by atoms with Gasteiger partial charge < -0.3 is 0 Å². The molecular formula is C51H30N4S3. The lowest BCUT2D eigenvalue weighted by Crippen LogP contribution is -2.15. The van der Waals surface area contributed by atoms with Crippen LogP contribution in [0.25, 0.3) is 94.4 Å². The molecule has 0 N–H and O–H groups in total. The second-order valence-electron chi connectivity index (χ2n) is 14.4. The van der Waals surface area contributed by atoms with Gasteiger partial charge in [0.15, 0.2) is 11.6 Å². The first kappa shape index (κ1) is 33.4. The Morgan fingerprint density at radius 3 is 1.50 bits per heavy atom. The van der Waals surface area contributed by atoms with E-state index in [9.17, 15) is 0 Å². The number of hydrogen-bond donors (Lipinski definition) is 0. The summed E-state index contributed by atoms with van der Waals surface area (Å²) in [6, 6.07) is 65.0. The summed E-state index contributed by atoms with van der Waals surface area (Å²) < 4.78 is 7.46. The van der Waals surface area contributed by atoms with Crippen molar-refractivity contribution in [3.63, 3.8) is 0 Å². The zero-order valence-electron chi connectivity index (χ0n) is 30.8. The van der Waals surface area contributed by atoms with Crippen LogP contribution in [0, 0.1) is 0 Å². The molecule has 0 bridgehead atoms. The summed E-state index contributed by atoms with van der Waals surface area (Å²) in [6.45, 7) is 0. The van der Waals surface area contributed by atoms with E-state index in [2.05, 4.69) is 187 Å². The summed E-state index contributed by atoms with van der Waals surface area (Å²) in [6.07, 6.45) is 0. The molecule has 0 fully saturated rings. The van der Waals surface area contributed by atoms with E-state index < -0.39 is 0 Å². The highest BCUT2D eigenvalue weighted by Crippen LogP contribution is 2.43. The molecule has 0 spiro atoms. The fraction of sp³-hybridized carbons (Fsp3) is 0. The van der Waals surface area contributed by atoms with Gasteiger partial charge in [0.2, 0.25) is 5.95 Å². The van der Waals surface area contributed by atoms with Crippen LogP contribution in [0.1, 0.15) is 0 Å². The number of benzene rings is 8. The summed E-state index contributed by atoms with van der Waals surface area (Å²) in [5.41, 5.74) is 6.10. The minimum atomic E-state index is 0.553. The molecule has 4 heterocycles. The second-order valence-corrected chi connectivity index (χ2v) is 17.7. The largest absolute Gasteiger partial charge is 0.279 e. The molecule has 0 radical (unpaired) electrons. The third-order valence-corrected chi connectivity index (χ3v) is 14.3. The minimum absolute atomic E-state index is 0.553. The Kier molecular flexibility index (Phi) is 7.72. The first-order chi connectivity index (χ1) is 28.7. The lowest BCUT2D eigenvalue weighted by molar-refractivity contribution is 1.02. The fourth-order valence-electron chi connectivity index (χ4n) is 8.14. The Labute approximate surface area is 345 Å². The van der Waals surface area contributed by atoms with E-state index in [0.29, 0.717) is 17.6 Å². The topological polar surface area (TPSA) is 41.9 Å². The quantitative estimate of drug-likeness (QED) is 0.168. The van der Waals surface area contributed by atoms with Gasteiger partial charge in [0.25, 0.3) is 0 Å². The normalized spacial score (nSPS) is 11.8. The molecule has 0 saturated heterocycles. The molecule has 272 valence electrons. The number of anilines is 3. The number of hydrogen-bond acceptors (Lipinski definition) is 7. The van der Waals surface area contributed by atoms with Crippen molar-refractivity contribution in [1.29, 1.82) is 0 Å². The lowest BCUT2D eigenvalue weighted by atomic mass is 10.0. The standard InChI is InChI=1S/C51H30N4S3/c1-2-11-31(12-3-1)32-13-10-14-35(27-32)55(36-23-25-41-38-16-5-8-19-44(38)58-48(41)30-36)51-53-49(33-22-26-46-42(28-33)39-17-6-9-20-45(39)56-46)52-50(54-51)34-21-24-40-37-15-4-7-18-43(37)57-47(40)29-34/h1-30H. The molecule has 8 aromatic carbocycles. The zero-order valence-corrected chi connectivity index (χ0v) is 33.3. The van der Waals surface area contributed by atoms with Crippen LogP contribution >= 0.6 is 34.0 Å². The van der Waals surface area contributed by atoms with Crippen molar-refractivity contribution in [2.45, 2.75) is 0 Å². The maximum Gasteiger partial charge on any atom is 0.238 e. The summed E-state index contributed by atoms with van der Waals surface area (Å²) in [5, 5.41) is 7.46. The molecule has 0 aliphatic rings. The maximum atomic E-state index is 5.39. The highest BCUT2D eigenvalue weighted by molar-refractivity contribution is 7.26. The molecule has 4 aromatic heterocycles. The van der Waals surface area contributed by atoms with Gasteiger partial charge in [-0.3, -0.25) is 4.90 Å². The van der Waals surface area contributed by atoms with Gasteiger partial charge in [0, 0.05) is 77.3 Å². The molecule has 0 aliphatic heterocycles. The third-order valence-electron chi connectivity index (χ3n) is 10.9. The number of aromatic nitrogens is 3. The van der Waals surface area contributed by atoms with Gasteiger partial charge in [-0.15, -0.1) is 34.0 Å². The molecule has 12 rings (SSSR count). The Morgan fingerprint density at radius 1 is 0.293 bits per heavy atom. The molecule has 0 saturated carbocycles. The van der Waals surface area contributed by atoms with E-state index in [1.807, 2.05) is 22.7 Å². The molecule has 0 atom stereocenters. The van der Waals surface area contributed by atoms with Gasteiger partial charge in [-0.25, -0.2) is 4.98 Å². The summed E-state index contributed by atoms with van der Waals surface area (Å²) >= 11 is 5.43. The summed E-state index contributed by atoms with van der Waals surface area (Å²) in [7, 11) is 0. The Hall–Kier alpha value is -6.77. The van der Waals surface area contributed by atoms with Crippen LogP contribution in [0.5, 0.6) is 0 Å². The van der Waals surface area contributed by atoms with Crippen molar-refractivity contribution in [3.05, 3.63) is 182 Å². The van der Waals surface area contributed by atoms with Gasteiger partial charge in [0.1, 0.15) is 0 Å². The second kappa shape index (κ2) is 13.4. The first-order valence-corrected chi connectivity index (χ1v) is 21.6. The predicted molar refractivity (Wildman–Crippen MR) is 249 cm³/mol. The monoisotopic (exact) mass is 794 g/mol. The summed E-state index contributed by atoms with van der Waals surface area (Å²) in [4.78, 5) is 18.2. The molecule has 0 aliphatic carbocycles. The minimum Gasteiger partial charge on any atom is -0.279 e. The molecule has 0 unspecified atom stereocenters. The average Bonchev–Trinajstić information content (AvgIpc) is 3.97. The van der Waals surface area contributed by atoms with Gasteiger partial charge in [-0.05, 0) is 77.9 Å². The van der Waals surface area contributed by atoms with Crippen molar-refractivity contribution in [2.75, 3.05) is 4.90 Å². The molecular weight excluding hydrogens is 765 g/mol. The van der Waals surface area contributed by atoms with Crippen LogP contribution in [0.3, 0.4) is 0 Å². The average molecular weight is 795 g/mol.